The Morgan fingerprint density at radius 1 is 1.50 bits per heavy atom. The Morgan fingerprint density at radius 3 is 3.00 bits per heavy atom. The van der Waals surface area contributed by atoms with Crippen LogP contribution in [0.3, 0.4) is 0 Å². The normalized spacial score (nSPS) is 12.9. The molecule has 0 aliphatic heterocycles. The van der Waals surface area contributed by atoms with Crippen LogP contribution in [0.2, 0.25) is 0 Å². The molecule has 1 heterocycles. The molecule has 1 N–H and O–H groups in total. The first-order valence-electron chi connectivity index (χ1n) is 6.09. The van der Waals surface area contributed by atoms with Crippen LogP contribution in [0.4, 0.5) is 0 Å². The average Bonchev–Trinajstić information content (AvgIpc) is 2.74. The van der Waals surface area contributed by atoms with E-state index in [-0.39, 0.29) is 0 Å². The van der Waals surface area contributed by atoms with E-state index in [9.17, 15) is 0 Å². The van der Waals surface area contributed by atoms with Crippen molar-refractivity contribution in [3.8, 4) is 0 Å². The lowest BCUT2D eigenvalue weighted by molar-refractivity contribution is 0.513. The van der Waals surface area contributed by atoms with Crippen LogP contribution >= 0.6 is 11.8 Å². The van der Waals surface area contributed by atoms with E-state index in [4.69, 9.17) is 0 Å². The summed E-state index contributed by atoms with van der Waals surface area (Å²) in [6.45, 7) is 8.47. The molecule has 0 aliphatic carbocycles. The smallest absolute Gasteiger partial charge is 0.122 e. The first kappa shape index (κ1) is 13.6. The molecule has 0 spiro atoms. The first-order chi connectivity index (χ1) is 7.77. The minimum Gasteiger partial charge on any atom is -0.334 e. The van der Waals surface area contributed by atoms with Gasteiger partial charge in [-0.3, -0.25) is 0 Å². The molecule has 0 bridgehead atoms. The van der Waals surface area contributed by atoms with E-state index in [0.29, 0.717) is 6.04 Å². The zero-order valence-corrected chi connectivity index (χ0v) is 11.4. The molecule has 0 saturated carbocycles. The number of rotatable bonds is 8. The van der Waals surface area contributed by atoms with E-state index in [1.807, 2.05) is 24.2 Å². The maximum atomic E-state index is 4.35. The zero-order valence-electron chi connectivity index (χ0n) is 10.6. The molecular formula is C12H23N3S. The minimum absolute atomic E-state index is 0.570. The second kappa shape index (κ2) is 7.74. The Hall–Kier alpha value is -0.480. The highest BCUT2D eigenvalue weighted by molar-refractivity contribution is 7.99. The Morgan fingerprint density at radius 2 is 2.31 bits per heavy atom. The van der Waals surface area contributed by atoms with Crippen molar-refractivity contribution < 1.29 is 0 Å². The molecule has 1 aromatic rings. The molecule has 0 fully saturated rings. The van der Waals surface area contributed by atoms with Crippen LogP contribution in [-0.2, 0) is 13.1 Å². The van der Waals surface area contributed by atoms with E-state index in [2.05, 4.69) is 35.6 Å². The number of aryl methyl sites for hydroxylation is 1. The number of nitrogens with one attached hydrogen (secondary N) is 1. The van der Waals surface area contributed by atoms with Gasteiger partial charge in [-0.25, -0.2) is 4.98 Å². The molecule has 1 rings (SSSR count). The molecule has 1 aromatic heterocycles. The predicted octanol–water partition coefficient (Wildman–Crippen LogP) is 2.52. The fourth-order valence-electron chi connectivity index (χ4n) is 1.57. The standard InChI is InChI=1S/C12H23N3S/c1-4-15-8-7-13-12(15)10-14-11(3)6-9-16-5-2/h7-8,11,14H,4-6,9-10H2,1-3H3. The van der Waals surface area contributed by atoms with Gasteiger partial charge in [0.2, 0.25) is 0 Å². The van der Waals surface area contributed by atoms with E-state index in [1.54, 1.807) is 0 Å². The summed E-state index contributed by atoms with van der Waals surface area (Å²) < 4.78 is 2.18. The van der Waals surface area contributed by atoms with Crippen molar-refractivity contribution in [3.05, 3.63) is 18.2 Å². The van der Waals surface area contributed by atoms with Gasteiger partial charge in [0.05, 0.1) is 6.54 Å². The number of hydrogen-bond donors (Lipinski definition) is 1. The highest BCUT2D eigenvalue weighted by atomic mass is 32.2. The Labute approximate surface area is 103 Å². The monoisotopic (exact) mass is 241 g/mol. The van der Waals surface area contributed by atoms with Crippen LogP contribution in [0.25, 0.3) is 0 Å². The van der Waals surface area contributed by atoms with Gasteiger partial charge in [-0.1, -0.05) is 6.92 Å². The van der Waals surface area contributed by atoms with Crippen LogP contribution < -0.4 is 5.32 Å². The van der Waals surface area contributed by atoms with Crippen molar-refractivity contribution in [1.29, 1.82) is 0 Å². The van der Waals surface area contributed by atoms with Crippen molar-refractivity contribution in [2.45, 2.75) is 46.3 Å². The van der Waals surface area contributed by atoms with Gasteiger partial charge in [-0.05, 0) is 31.8 Å². The third-order valence-electron chi connectivity index (χ3n) is 2.65. The molecule has 0 radical (unpaired) electrons. The maximum absolute atomic E-state index is 4.35. The summed E-state index contributed by atoms with van der Waals surface area (Å²) >= 11 is 2.01. The van der Waals surface area contributed by atoms with Crippen molar-refractivity contribution in [3.63, 3.8) is 0 Å². The second-order valence-electron chi connectivity index (χ2n) is 3.90. The number of imidazole rings is 1. The second-order valence-corrected chi connectivity index (χ2v) is 5.29. The molecule has 0 aromatic carbocycles. The lowest BCUT2D eigenvalue weighted by atomic mass is 10.2. The highest BCUT2D eigenvalue weighted by Gasteiger charge is 2.04. The summed E-state index contributed by atoms with van der Waals surface area (Å²) in [7, 11) is 0. The molecule has 0 saturated heterocycles. The SMILES string of the molecule is CCSCCC(C)NCc1nccn1CC. The maximum Gasteiger partial charge on any atom is 0.122 e. The van der Waals surface area contributed by atoms with Gasteiger partial charge in [-0.2, -0.15) is 11.8 Å². The summed E-state index contributed by atoms with van der Waals surface area (Å²) in [5, 5.41) is 3.52. The Kier molecular flexibility index (Phi) is 6.57. The third-order valence-corrected chi connectivity index (χ3v) is 3.58. The van der Waals surface area contributed by atoms with Crippen molar-refractivity contribution in [2.24, 2.45) is 0 Å². The van der Waals surface area contributed by atoms with Crippen LogP contribution in [0.15, 0.2) is 12.4 Å². The molecule has 1 atom stereocenters. The average molecular weight is 241 g/mol. The Balaban J connectivity index is 2.23. The molecule has 0 aliphatic rings. The molecule has 92 valence electrons. The topological polar surface area (TPSA) is 29.9 Å². The molecule has 1 unspecified atom stereocenters. The summed E-state index contributed by atoms with van der Waals surface area (Å²) in [6, 6.07) is 0.570. The number of hydrogen-bond acceptors (Lipinski definition) is 3. The van der Waals surface area contributed by atoms with E-state index in [0.717, 1.165) is 18.9 Å². The summed E-state index contributed by atoms with van der Waals surface area (Å²) in [5.74, 6) is 3.59. The molecule has 16 heavy (non-hydrogen) atoms. The predicted molar refractivity (Wildman–Crippen MR) is 71.8 cm³/mol. The molecule has 0 amide bonds. The van der Waals surface area contributed by atoms with Gasteiger partial charge in [0.15, 0.2) is 0 Å². The third kappa shape index (κ3) is 4.58. The van der Waals surface area contributed by atoms with Gasteiger partial charge in [0.1, 0.15) is 5.82 Å². The minimum atomic E-state index is 0.570. The number of aromatic nitrogens is 2. The zero-order chi connectivity index (χ0) is 11.8. The molecule has 4 heteroatoms. The van der Waals surface area contributed by atoms with Crippen LogP contribution in [0, 0.1) is 0 Å². The number of nitrogens with zero attached hydrogens (tertiary/aromatic N) is 2. The lowest BCUT2D eigenvalue weighted by Crippen LogP contribution is -2.27. The number of thioether (sulfide) groups is 1. The molecular weight excluding hydrogens is 218 g/mol. The largest absolute Gasteiger partial charge is 0.334 e. The highest BCUT2D eigenvalue weighted by Crippen LogP contribution is 2.04. The van der Waals surface area contributed by atoms with Crippen molar-refractivity contribution in [2.75, 3.05) is 11.5 Å². The van der Waals surface area contributed by atoms with Crippen LogP contribution in [-0.4, -0.2) is 27.1 Å². The van der Waals surface area contributed by atoms with Crippen LogP contribution in [0.1, 0.15) is 33.0 Å². The van der Waals surface area contributed by atoms with Gasteiger partial charge >= 0.3 is 0 Å². The summed E-state index contributed by atoms with van der Waals surface area (Å²) in [4.78, 5) is 4.35. The summed E-state index contributed by atoms with van der Waals surface area (Å²) in [6.07, 6.45) is 5.14. The molecule has 3 nitrogen and oxygen atoms in total. The van der Waals surface area contributed by atoms with Crippen LogP contribution in [0.5, 0.6) is 0 Å². The fourth-order valence-corrected chi connectivity index (χ4v) is 2.38. The van der Waals surface area contributed by atoms with E-state index in [1.165, 1.54) is 17.9 Å². The van der Waals surface area contributed by atoms with Crippen molar-refractivity contribution in [1.82, 2.24) is 14.9 Å². The first-order valence-corrected chi connectivity index (χ1v) is 7.24. The lowest BCUT2D eigenvalue weighted by Gasteiger charge is -2.13. The quantitative estimate of drug-likeness (QED) is 0.709. The fraction of sp³-hybridized carbons (Fsp3) is 0.750. The van der Waals surface area contributed by atoms with Gasteiger partial charge in [0.25, 0.3) is 0 Å². The van der Waals surface area contributed by atoms with Gasteiger partial charge < -0.3 is 9.88 Å². The van der Waals surface area contributed by atoms with Gasteiger partial charge in [0, 0.05) is 25.0 Å². The Bertz CT molecular complexity index is 286. The van der Waals surface area contributed by atoms with Gasteiger partial charge in [-0.15, -0.1) is 0 Å². The van der Waals surface area contributed by atoms with E-state index >= 15 is 0 Å². The summed E-state index contributed by atoms with van der Waals surface area (Å²) in [5.41, 5.74) is 0. The van der Waals surface area contributed by atoms with E-state index < -0.39 is 0 Å². The van der Waals surface area contributed by atoms with Crippen molar-refractivity contribution >= 4 is 11.8 Å².